The Morgan fingerprint density at radius 2 is 1.81 bits per heavy atom. The van der Waals surface area contributed by atoms with Gasteiger partial charge in [0.2, 0.25) is 15.9 Å². The summed E-state index contributed by atoms with van der Waals surface area (Å²) in [5.41, 5.74) is 0.963. The van der Waals surface area contributed by atoms with E-state index in [1.54, 1.807) is 6.07 Å². The fourth-order valence-corrected chi connectivity index (χ4v) is 7.82. The van der Waals surface area contributed by atoms with Crippen LogP contribution in [0.5, 0.6) is 0 Å². The fourth-order valence-electron chi connectivity index (χ4n) is 6.14. The minimum Gasteiger partial charge on any atom is -0.431 e. The zero-order valence-electron chi connectivity index (χ0n) is 18.1. The highest BCUT2D eigenvalue weighted by Gasteiger charge is 2.51. The highest BCUT2D eigenvalue weighted by atomic mass is 32.2. The molecule has 0 saturated heterocycles. The molecule has 4 fully saturated rings. The Labute approximate surface area is 187 Å². The fraction of sp³-hybridized carbons (Fsp3) is 0.636. The first-order valence-corrected chi connectivity index (χ1v) is 13.3. The van der Waals surface area contributed by atoms with E-state index in [1.807, 2.05) is 6.92 Å². The van der Waals surface area contributed by atoms with Crippen molar-refractivity contribution in [2.75, 3.05) is 14.1 Å². The summed E-state index contributed by atoms with van der Waals surface area (Å²) in [4.78, 5) is 17.6. The monoisotopic (exact) mass is 463 g/mol. The van der Waals surface area contributed by atoms with Gasteiger partial charge in [0.05, 0.1) is 10.1 Å². The lowest BCUT2D eigenvalue weighted by atomic mass is 9.53. The minimum absolute atomic E-state index is 0.0165. The van der Waals surface area contributed by atoms with Gasteiger partial charge in [-0.1, -0.05) is 11.8 Å². The molecule has 0 radical (unpaired) electrons. The number of carbonyl (C=O) groups is 1. The molecule has 1 aromatic carbocycles. The molecule has 1 aromatic heterocycles. The number of hydrogen-bond donors (Lipinski definition) is 1. The van der Waals surface area contributed by atoms with E-state index in [-0.39, 0.29) is 21.6 Å². The molecule has 1 N–H and O–H groups in total. The van der Waals surface area contributed by atoms with Gasteiger partial charge in [0.1, 0.15) is 5.52 Å². The van der Waals surface area contributed by atoms with Gasteiger partial charge in [0, 0.05) is 19.6 Å². The van der Waals surface area contributed by atoms with Crippen LogP contribution in [-0.2, 0) is 14.8 Å². The van der Waals surface area contributed by atoms with E-state index in [0.29, 0.717) is 16.3 Å². The third-order valence-electron chi connectivity index (χ3n) is 7.19. The molecular formula is C22H29N3O4S2. The first kappa shape index (κ1) is 21.3. The van der Waals surface area contributed by atoms with Crippen LogP contribution in [0.1, 0.15) is 45.4 Å². The van der Waals surface area contributed by atoms with E-state index in [2.05, 4.69) is 10.3 Å². The Hall–Kier alpha value is -1.58. The normalized spacial score (nSPS) is 30.8. The number of nitrogens with zero attached hydrogens (tertiary/aromatic N) is 2. The number of sulfonamides is 1. The van der Waals surface area contributed by atoms with Gasteiger partial charge < -0.3 is 9.73 Å². The van der Waals surface area contributed by atoms with Crippen LogP contribution >= 0.6 is 11.8 Å². The van der Waals surface area contributed by atoms with E-state index in [4.69, 9.17) is 4.42 Å². The summed E-state index contributed by atoms with van der Waals surface area (Å²) >= 11 is 1.28. The van der Waals surface area contributed by atoms with Crippen molar-refractivity contribution in [3.8, 4) is 0 Å². The highest BCUT2D eigenvalue weighted by molar-refractivity contribution is 8.00. The SMILES string of the molecule is C[C@H](Sc1nc2cc(S(=O)(=O)N(C)C)ccc2o1)C(=O)NC12CC3CC(CC(C3)C1)C2. The summed E-state index contributed by atoms with van der Waals surface area (Å²) in [6.07, 6.45) is 7.38. The van der Waals surface area contributed by atoms with E-state index < -0.39 is 10.0 Å². The van der Waals surface area contributed by atoms with E-state index in [0.717, 1.165) is 37.0 Å². The summed E-state index contributed by atoms with van der Waals surface area (Å²) in [5, 5.41) is 3.44. The van der Waals surface area contributed by atoms with E-state index in [9.17, 15) is 13.2 Å². The van der Waals surface area contributed by atoms with Crippen molar-refractivity contribution >= 4 is 38.8 Å². The second kappa shape index (κ2) is 7.49. The Morgan fingerprint density at radius 1 is 1.19 bits per heavy atom. The van der Waals surface area contributed by atoms with Crippen molar-refractivity contribution < 1.29 is 17.6 Å². The number of nitrogens with one attached hydrogen (secondary N) is 1. The lowest BCUT2D eigenvalue weighted by Gasteiger charge is -2.57. The van der Waals surface area contributed by atoms with Crippen molar-refractivity contribution in [1.82, 2.24) is 14.6 Å². The first-order chi connectivity index (χ1) is 14.6. The molecule has 6 rings (SSSR count). The van der Waals surface area contributed by atoms with E-state index in [1.165, 1.54) is 61.6 Å². The van der Waals surface area contributed by atoms with Gasteiger partial charge >= 0.3 is 0 Å². The average Bonchev–Trinajstić information content (AvgIpc) is 3.07. The quantitative estimate of drug-likeness (QED) is 0.658. The molecule has 168 valence electrons. The lowest BCUT2D eigenvalue weighted by molar-refractivity contribution is -0.126. The second-order valence-corrected chi connectivity index (χ2v) is 13.3. The van der Waals surface area contributed by atoms with Crippen LogP contribution in [0.4, 0.5) is 0 Å². The third kappa shape index (κ3) is 3.89. The molecule has 4 aliphatic carbocycles. The predicted molar refractivity (Wildman–Crippen MR) is 119 cm³/mol. The maximum Gasteiger partial charge on any atom is 0.257 e. The topological polar surface area (TPSA) is 92.5 Å². The van der Waals surface area contributed by atoms with Crippen molar-refractivity contribution in [1.29, 1.82) is 0 Å². The Kier molecular flexibility index (Phi) is 5.14. The van der Waals surface area contributed by atoms with Gasteiger partial charge in [-0.3, -0.25) is 4.79 Å². The lowest BCUT2D eigenvalue weighted by Crippen LogP contribution is -2.60. The maximum absolute atomic E-state index is 13.0. The number of hydrogen-bond acceptors (Lipinski definition) is 6. The Bertz CT molecular complexity index is 1090. The van der Waals surface area contributed by atoms with Crippen molar-refractivity contribution in [3.63, 3.8) is 0 Å². The van der Waals surface area contributed by atoms with Gasteiger partial charge in [-0.2, -0.15) is 0 Å². The molecule has 4 aliphatic rings. The van der Waals surface area contributed by atoms with Crippen LogP contribution in [0.3, 0.4) is 0 Å². The average molecular weight is 464 g/mol. The molecule has 0 aliphatic heterocycles. The van der Waals surface area contributed by atoms with Gasteiger partial charge in [0.15, 0.2) is 5.58 Å². The summed E-state index contributed by atoms with van der Waals surface area (Å²) in [6, 6.07) is 4.64. The second-order valence-electron chi connectivity index (χ2n) is 9.84. The molecule has 4 bridgehead atoms. The number of thioether (sulfide) groups is 1. The zero-order chi connectivity index (χ0) is 22.0. The van der Waals surface area contributed by atoms with Crippen LogP contribution in [0, 0.1) is 17.8 Å². The number of benzene rings is 1. The summed E-state index contributed by atoms with van der Waals surface area (Å²) < 4.78 is 31.7. The maximum atomic E-state index is 13.0. The van der Waals surface area contributed by atoms with Crippen LogP contribution in [0.15, 0.2) is 32.7 Å². The molecule has 9 heteroatoms. The summed E-state index contributed by atoms with van der Waals surface area (Å²) in [7, 11) is -0.554. The summed E-state index contributed by atoms with van der Waals surface area (Å²) in [5.74, 6) is 2.36. The molecule has 4 saturated carbocycles. The van der Waals surface area contributed by atoms with Crippen LogP contribution < -0.4 is 5.32 Å². The van der Waals surface area contributed by atoms with Gasteiger partial charge in [-0.15, -0.1) is 0 Å². The van der Waals surface area contributed by atoms with Gasteiger partial charge in [-0.05, 0) is 81.4 Å². The largest absolute Gasteiger partial charge is 0.431 e. The molecule has 1 atom stereocenters. The van der Waals surface area contributed by atoms with Crippen molar-refractivity contribution in [2.45, 2.75) is 66.4 Å². The van der Waals surface area contributed by atoms with Crippen LogP contribution in [0.25, 0.3) is 11.1 Å². The first-order valence-electron chi connectivity index (χ1n) is 11.0. The smallest absolute Gasteiger partial charge is 0.257 e. The van der Waals surface area contributed by atoms with Crippen molar-refractivity contribution in [3.05, 3.63) is 18.2 Å². The molecule has 31 heavy (non-hydrogen) atoms. The van der Waals surface area contributed by atoms with E-state index >= 15 is 0 Å². The molecule has 0 unspecified atom stereocenters. The number of aromatic nitrogens is 1. The third-order valence-corrected chi connectivity index (χ3v) is 9.95. The summed E-state index contributed by atoms with van der Waals surface area (Å²) in [6.45, 7) is 1.87. The minimum atomic E-state index is -3.54. The highest BCUT2D eigenvalue weighted by Crippen LogP contribution is 2.55. The molecular weight excluding hydrogens is 434 g/mol. The van der Waals surface area contributed by atoms with Crippen LogP contribution in [-0.4, -0.2) is 48.5 Å². The number of carbonyl (C=O) groups excluding carboxylic acids is 1. The molecule has 2 aromatic rings. The number of amides is 1. The van der Waals surface area contributed by atoms with Gasteiger partial charge in [0.25, 0.3) is 5.22 Å². The molecule has 0 spiro atoms. The Balaban J connectivity index is 1.29. The molecule has 7 nitrogen and oxygen atoms in total. The number of rotatable bonds is 6. The molecule has 1 heterocycles. The predicted octanol–water partition coefficient (Wildman–Crippen LogP) is 3.64. The Morgan fingerprint density at radius 3 is 2.39 bits per heavy atom. The van der Waals surface area contributed by atoms with Gasteiger partial charge in [-0.25, -0.2) is 17.7 Å². The number of fused-ring (bicyclic) bond motifs is 1. The van der Waals surface area contributed by atoms with Crippen LogP contribution in [0.2, 0.25) is 0 Å². The zero-order valence-corrected chi connectivity index (χ0v) is 19.8. The standard InChI is InChI=1S/C22H29N3O4S2/c1-13(20(26)24-22-10-14-6-15(11-22)8-16(7-14)12-22)30-21-23-18-9-17(4-5-19(18)29-21)31(27,28)25(2)3/h4-5,9,13-16H,6-8,10-12H2,1-3H3,(H,24,26)/t13-,14?,15?,16?,22?/m0/s1. The molecule has 1 amide bonds. The van der Waals surface area contributed by atoms with Crippen molar-refractivity contribution in [2.24, 2.45) is 17.8 Å². The number of oxazole rings is 1.